The van der Waals surface area contributed by atoms with Crippen LogP contribution in [0.2, 0.25) is 0 Å². The molecule has 2 aliphatic rings. The van der Waals surface area contributed by atoms with E-state index in [0.29, 0.717) is 0 Å². The fourth-order valence-corrected chi connectivity index (χ4v) is 1.74. The van der Waals surface area contributed by atoms with E-state index in [9.17, 15) is 14.4 Å². The molecule has 0 aromatic carbocycles. The van der Waals surface area contributed by atoms with Crippen molar-refractivity contribution in [2.45, 2.75) is 25.8 Å². The molecule has 0 bridgehead atoms. The zero-order valence-electron chi connectivity index (χ0n) is 8.68. The van der Waals surface area contributed by atoms with Gasteiger partial charge >= 0.3 is 6.03 Å². The molecule has 1 saturated carbocycles. The molecule has 0 N–H and O–H groups in total. The zero-order chi connectivity index (χ0) is 11.0. The van der Waals surface area contributed by atoms with E-state index in [1.807, 2.05) is 0 Å². The van der Waals surface area contributed by atoms with E-state index in [4.69, 9.17) is 0 Å². The molecule has 1 aliphatic heterocycles. The van der Waals surface area contributed by atoms with Gasteiger partial charge in [-0.05, 0) is 12.8 Å². The van der Waals surface area contributed by atoms with E-state index in [2.05, 4.69) is 0 Å². The quantitative estimate of drug-likeness (QED) is 0.493. The first kappa shape index (κ1) is 10.1. The lowest BCUT2D eigenvalue weighted by Gasteiger charge is -2.17. The third-order valence-electron chi connectivity index (χ3n) is 2.77. The van der Waals surface area contributed by atoms with Gasteiger partial charge in [0.05, 0.1) is 0 Å². The molecule has 2 rings (SSSR count). The van der Waals surface area contributed by atoms with Crippen LogP contribution in [0.3, 0.4) is 0 Å². The number of rotatable bonds is 4. The van der Waals surface area contributed by atoms with Crippen molar-refractivity contribution in [1.82, 2.24) is 9.80 Å². The number of amides is 3. The lowest BCUT2D eigenvalue weighted by atomic mass is 10.2. The molecular formula is C10H14N2O3. The molecule has 0 radical (unpaired) electrons. The summed E-state index contributed by atoms with van der Waals surface area (Å²) < 4.78 is 0. The van der Waals surface area contributed by atoms with Gasteiger partial charge in [-0.25, -0.2) is 4.79 Å². The largest absolute Gasteiger partial charge is 0.327 e. The molecule has 3 amide bonds. The van der Waals surface area contributed by atoms with Gasteiger partial charge in [0.15, 0.2) is 0 Å². The molecule has 0 aromatic heterocycles. The van der Waals surface area contributed by atoms with Gasteiger partial charge in [-0.1, -0.05) is 6.92 Å². The Bertz CT molecular complexity index is 312. The molecule has 0 spiro atoms. The fourth-order valence-electron chi connectivity index (χ4n) is 1.74. The zero-order valence-corrected chi connectivity index (χ0v) is 8.68. The monoisotopic (exact) mass is 210 g/mol. The second kappa shape index (κ2) is 3.64. The van der Waals surface area contributed by atoms with E-state index >= 15 is 0 Å². The number of carbonyl (C=O) groups excluding carboxylic acids is 3. The Balaban J connectivity index is 2.02. The van der Waals surface area contributed by atoms with Crippen LogP contribution in [-0.2, 0) is 9.59 Å². The molecule has 1 heterocycles. The highest BCUT2D eigenvalue weighted by molar-refractivity contribution is 6.02. The van der Waals surface area contributed by atoms with Crippen molar-refractivity contribution >= 4 is 18.2 Å². The second-order valence-electron chi connectivity index (χ2n) is 4.26. The summed E-state index contributed by atoms with van der Waals surface area (Å²) in [6.07, 6.45) is 2.76. The molecule has 15 heavy (non-hydrogen) atoms. The Kier molecular flexibility index (Phi) is 2.46. The molecule has 5 nitrogen and oxygen atoms in total. The summed E-state index contributed by atoms with van der Waals surface area (Å²) in [5.74, 6) is -0.461. The molecule has 2 fully saturated rings. The minimum absolute atomic E-state index is 0.180. The van der Waals surface area contributed by atoms with Crippen molar-refractivity contribution in [3.8, 4) is 0 Å². The molecule has 82 valence electrons. The third kappa shape index (κ3) is 1.86. The van der Waals surface area contributed by atoms with Crippen LogP contribution in [0.15, 0.2) is 0 Å². The minimum atomic E-state index is -0.281. The highest BCUT2D eigenvalue weighted by Gasteiger charge is 2.43. The smallest absolute Gasteiger partial charge is 0.312 e. The average molecular weight is 210 g/mol. The van der Waals surface area contributed by atoms with Crippen molar-refractivity contribution in [3.05, 3.63) is 0 Å². The van der Waals surface area contributed by atoms with Gasteiger partial charge in [-0.15, -0.1) is 0 Å². The van der Waals surface area contributed by atoms with Crippen LogP contribution in [0.5, 0.6) is 0 Å². The lowest BCUT2D eigenvalue weighted by molar-refractivity contribution is -0.126. The maximum absolute atomic E-state index is 11.8. The van der Waals surface area contributed by atoms with Gasteiger partial charge in [0.2, 0.25) is 5.91 Å². The number of nitrogens with zero attached hydrogens (tertiary/aromatic N) is 2. The molecule has 1 aliphatic carbocycles. The number of hydrogen-bond donors (Lipinski definition) is 0. The topological polar surface area (TPSA) is 57.7 Å². The number of hydrogen-bond acceptors (Lipinski definition) is 3. The second-order valence-corrected chi connectivity index (χ2v) is 4.26. The molecule has 5 heteroatoms. The average Bonchev–Trinajstić information content (AvgIpc) is 3.00. The van der Waals surface area contributed by atoms with E-state index in [1.54, 1.807) is 11.8 Å². The maximum Gasteiger partial charge on any atom is 0.327 e. The van der Waals surface area contributed by atoms with Gasteiger partial charge in [0, 0.05) is 18.5 Å². The van der Waals surface area contributed by atoms with Gasteiger partial charge in [0.25, 0.3) is 0 Å². The number of urea groups is 1. The van der Waals surface area contributed by atoms with Crippen LogP contribution in [0, 0.1) is 5.92 Å². The van der Waals surface area contributed by atoms with Crippen molar-refractivity contribution < 1.29 is 14.4 Å². The molecule has 1 saturated heterocycles. The first-order valence-corrected chi connectivity index (χ1v) is 5.19. The summed E-state index contributed by atoms with van der Waals surface area (Å²) >= 11 is 0. The maximum atomic E-state index is 11.8. The molecule has 0 aromatic rings. The van der Waals surface area contributed by atoms with Crippen LogP contribution in [0.1, 0.15) is 19.8 Å². The highest BCUT2D eigenvalue weighted by Crippen LogP contribution is 2.30. The summed E-state index contributed by atoms with van der Waals surface area (Å²) in [5.41, 5.74) is 0. The summed E-state index contributed by atoms with van der Waals surface area (Å²) in [5, 5.41) is 0. The minimum Gasteiger partial charge on any atom is -0.312 e. The number of aldehydes is 1. The first-order valence-electron chi connectivity index (χ1n) is 5.19. The van der Waals surface area contributed by atoms with Gasteiger partial charge in [-0.2, -0.15) is 0 Å². The summed E-state index contributed by atoms with van der Waals surface area (Å²) in [4.78, 5) is 36.6. The van der Waals surface area contributed by atoms with E-state index in [1.165, 1.54) is 4.90 Å². The lowest BCUT2D eigenvalue weighted by Crippen LogP contribution is -2.37. The fraction of sp³-hybridized carbons (Fsp3) is 0.700. The molecule has 1 unspecified atom stereocenters. The molecular weight excluding hydrogens is 196 g/mol. The summed E-state index contributed by atoms with van der Waals surface area (Å²) in [6.45, 7) is 2.10. The van der Waals surface area contributed by atoms with Crippen molar-refractivity contribution in [2.24, 2.45) is 5.92 Å². The summed E-state index contributed by atoms with van der Waals surface area (Å²) in [7, 11) is 0. The predicted molar refractivity (Wildman–Crippen MR) is 52.1 cm³/mol. The van der Waals surface area contributed by atoms with E-state index < -0.39 is 0 Å². The predicted octanol–water partition coefficient (Wildman–Crippen LogP) is 0.248. The normalized spacial score (nSPS) is 23.5. The summed E-state index contributed by atoms with van der Waals surface area (Å²) in [6, 6.07) is 0.0363. The Hall–Kier alpha value is -1.39. The Labute approximate surface area is 88.0 Å². The van der Waals surface area contributed by atoms with Crippen molar-refractivity contribution in [3.63, 3.8) is 0 Å². The van der Waals surface area contributed by atoms with Crippen LogP contribution in [0.4, 0.5) is 4.79 Å². The van der Waals surface area contributed by atoms with Crippen LogP contribution in [-0.4, -0.2) is 47.2 Å². The van der Waals surface area contributed by atoms with E-state index in [-0.39, 0.29) is 37.0 Å². The first-order chi connectivity index (χ1) is 7.13. The van der Waals surface area contributed by atoms with Gasteiger partial charge in [0.1, 0.15) is 12.8 Å². The van der Waals surface area contributed by atoms with Crippen LogP contribution < -0.4 is 0 Å². The third-order valence-corrected chi connectivity index (χ3v) is 2.77. The van der Waals surface area contributed by atoms with Gasteiger partial charge < -0.3 is 9.69 Å². The molecule has 1 atom stereocenters. The van der Waals surface area contributed by atoms with Crippen molar-refractivity contribution in [2.75, 3.05) is 13.1 Å². The number of imide groups is 1. The Morgan fingerprint density at radius 1 is 1.47 bits per heavy atom. The number of carbonyl (C=O) groups is 3. The van der Waals surface area contributed by atoms with E-state index in [0.717, 1.165) is 19.1 Å². The highest BCUT2D eigenvalue weighted by atomic mass is 16.2. The Morgan fingerprint density at radius 2 is 2.13 bits per heavy atom. The SMILES string of the molecule is CC(C=O)CN1C(=O)CN(C2CC2)C1=O. The Morgan fingerprint density at radius 3 is 2.67 bits per heavy atom. The van der Waals surface area contributed by atoms with Gasteiger partial charge in [-0.3, -0.25) is 9.69 Å². The van der Waals surface area contributed by atoms with Crippen molar-refractivity contribution in [1.29, 1.82) is 0 Å². The standard InChI is InChI=1S/C10H14N2O3/c1-7(6-13)4-12-9(14)5-11(10(12)15)8-2-3-8/h6-8H,2-5H2,1H3. The van der Waals surface area contributed by atoms with Crippen LogP contribution in [0.25, 0.3) is 0 Å². The van der Waals surface area contributed by atoms with Crippen LogP contribution >= 0.6 is 0 Å².